The van der Waals surface area contributed by atoms with Crippen molar-refractivity contribution in [3.05, 3.63) is 57.9 Å². The van der Waals surface area contributed by atoms with Gasteiger partial charge in [-0.2, -0.15) is 13.2 Å². The topological polar surface area (TPSA) is 58.6 Å². The van der Waals surface area contributed by atoms with E-state index in [1.807, 2.05) is 0 Å². The number of ether oxygens (including phenoxy) is 1. The minimum absolute atomic E-state index is 0.0151. The molecule has 0 fully saturated rings. The van der Waals surface area contributed by atoms with Crippen LogP contribution >= 0.6 is 11.3 Å². The van der Waals surface area contributed by atoms with Gasteiger partial charge in [-0.3, -0.25) is 14.5 Å². The lowest BCUT2D eigenvalue weighted by Crippen LogP contribution is -2.34. The highest BCUT2D eigenvalue weighted by Crippen LogP contribution is 2.35. The Balaban J connectivity index is 1.80. The summed E-state index contributed by atoms with van der Waals surface area (Å²) in [5.41, 5.74) is -0.596. The normalized spacial score (nSPS) is 14.6. The predicted molar refractivity (Wildman–Crippen MR) is 113 cm³/mol. The first-order chi connectivity index (χ1) is 14.8. The van der Waals surface area contributed by atoms with Crippen molar-refractivity contribution in [2.24, 2.45) is 0 Å². The Hall–Kier alpha value is -2.65. The summed E-state index contributed by atoms with van der Waals surface area (Å²) in [6, 6.07) is 8.00. The number of unbranched alkanes of at least 4 members (excludes halogenated alkanes) is 1. The Labute approximate surface area is 182 Å². The Bertz CT molecular complexity index is 955. The Morgan fingerprint density at radius 1 is 1.06 bits per heavy atom. The summed E-state index contributed by atoms with van der Waals surface area (Å²) in [6.07, 6.45) is -2.07. The number of amides is 2. The second-order valence-corrected chi connectivity index (χ2v) is 7.96. The summed E-state index contributed by atoms with van der Waals surface area (Å²) in [4.78, 5) is 27.7. The van der Waals surface area contributed by atoms with Gasteiger partial charge in [0.2, 0.25) is 0 Å². The van der Waals surface area contributed by atoms with E-state index >= 15 is 0 Å². The van der Waals surface area contributed by atoms with E-state index in [4.69, 9.17) is 4.74 Å². The largest absolute Gasteiger partial charge is 0.416 e. The van der Waals surface area contributed by atoms with Crippen LogP contribution < -0.4 is 5.32 Å². The molecule has 9 heteroatoms. The maximum Gasteiger partial charge on any atom is 0.416 e. The summed E-state index contributed by atoms with van der Waals surface area (Å²) in [7, 11) is 0. The van der Waals surface area contributed by atoms with Gasteiger partial charge in [0, 0.05) is 30.3 Å². The predicted octanol–water partition coefficient (Wildman–Crippen LogP) is 5.17. The number of anilines is 1. The number of carbonyl (C=O) groups is 2. The lowest BCUT2D eigenvalue weighted by atomic mass is 10.1. The number of carbonyl (C=O) groups excluding carboxylic acids is 2. The van der Waals surface area contributed by atoms with Crippen molar-refractivity contribution in [2.45, 2.75) is 32.4 Å². The van der Waals surface area contributed by atoms with E-state index < -0.39 is 23.6 Å². The Kier molecular flexibility index (Phi) is 7.50. The van der Waals surface area contributed by atoms with Crippen molar-refractivity contribution < 1.29 is 27.5 Å². The fraction of sp³-hybridized carbons (Fsp3) is 0.364. The average Bonchev–Trinajstić information content (AvgIpc) is 3.33. The summed E-state index contributed by atoms with van der Waals surface area (Å²) in [6.45, 7) is 3.27. The zero-order chi connectivity index (χ0) is 22.4. The molecule has 31 heavy (non-hydrogen) atoms. The van der Waals surface area contributed by atoms with Gasteiger partial charge < -0.3 is 10.1 Å². The lowest BCUT2D eigenvalue weighted by molar-refractivity contribution is -0.138. The molecule has 1 aliphatic rings. The number of imide groups is 1. The molecular formula is C22H23F3N2O3S. The molecule has 0 atom stereocenters. The van der Waals surface area contributed by atoms with Crippen molar-refractivity contribution in [3.63, 3.8) is 0 Å². The Morgan fingerprint density at radius 2 is 1.84 bits per heavy atom. The van der Waals surface area contributed by atoms with Gasteiger partial charge in [-0.15, -0.1) is 11.3 Å². The summed E-state index contributed by atoms with van der Waals surface area (Å²) >= 11 is 1.28. The van der Waals surface area contributed by atoms with Crippen LogP contribution in [-0.2, 0) is 20.5 Å². The average molecular weight is 452 g/mol. The van der Waals surface area contributed by atoms with Crippen LogP contribution in [0, 0.1) is 0 Å². The van der Waals surface area contributed by atoms with E-state index in [2.05, 4.69) is 12.2 Å². The van der Waals surface area contributed by atoms with Gasteiger partial charge in [0.25, 0.3) is 11.8 Å². The van der Waals surface area contributed by atoms with Gasteiger partial charge in [0.15, 0.2) is 0 Å². The molecular weight excluding hydrogens is 429 g/mol. The van der Waals surface area contributed by atoms with Crippen LogP contribution in [0.4, 0.5) is 18.9 Å². The number of benzene rings is 1. The zero-order valence-electron chi connectivity index (χ0n) is 17.0. The molecule has 0 spiro atoms. The van der Waals surface area contributed by atoms with Crippen molar-refractivity contribution in [2.75, 3.05) is 25.1 Å². The molecule has 1 aromatic carbocycles. The van der Waals surface area contributed by atoms with Gasteiger partial charge in [-0.1, -0.05) is 25.5 Å². The van der Waals surface area contributed by atoms with Gasteiger partial charge in [-0.05, 0) is 42.5 Å². The number of thiophene rings is 1. The number of rotatable bonds is 10. The smallest absolute Gasteiger partial charge is 0.381 e. The second-order valence-electron chi connectivity index (χ2n) is 7.01. The van der Waals surface area contributed by atoms with Crippen molar-refractivity contribution in [3.8, 4) is 0 Å². The lowest BCUT2D eigenvalue weighted by Gasteiger charge is -2.15. The van der Waals surface area contributed by atoms with Crippen LogP contribution in [0.2, 0.25) is 0 Å². The third-order valence-electron chi connectivity index (χ3n) is 4.71. The third-order valence-corrected chi connectivity index (χ3v) is 5.59. The maximum atomic E-state index is 13.1. The summed E-state index contributed by atoms with van der Waals surface area (Å²) < 4.78 is 44.6. The number of nitrogens with one attached hydrogen (secondary N) is 1. The highest BCUT2D eigenvalue weighted by Gasteiger charge is 2.39. The van der Waals surface area contributed by atoms with Crippen molar-refractivity contribution in [1.82, 2.24) is 4.90 Å². The molecule has 0 aliphatic carbocycles. The molecule has 1 aliphatic heterocycles. The van der Waals surface area contributed by atoms with E-state index in [-0.39, 0.29) is 23.5 Å². The Morgan fingerprint density at radius 3 is 2.52 bits per heavy atom. The number of nitrogens with zero attached hydrogens (tertiary/aromatic N) is 1. The van der Waals surface area contributed by atoms with Gasteiger partial charge in [-0.25, -0.2) is 0 Å². The zero-order valence-corrected chi connectivity index (χ0v) is 17.8. The number of halogens is 3. The minimum atomic E-state index is -4.51. The molecule has 3 rings (SSSR count). The highest BCUT2D eigenvalue weighted by atomic mass is 32.1. The molecule has 0 unspecified atom stereocenters. The van der Waals surface area contributed by atoms with Gasteiger partial charge in [0.1, 0.15) is 5.70 Å². The van der Waals surface area contributed by atoms with Crippen LogP contribution in [0.3, 0.4) is 0 Å². The molecule has 1 aromatic heterocycles. The van der Waals surface area contributed by atoms with Crippen molar-refractivity contribution in [1.29, 1.82) is 0 Å². The van der Waals surface area contributed by atoms with Crippen LogP contribution in [0.15, 0.2) is 47.5 Å². The molecule has 0 radical (unpaired) electrons. The van der Waals surface area contributed by atoms with E-state index in [1.165, 1.54) is 23.5 Å². The first-order valence-electron chi connectivity index (χ1n) is 9.99. The third kappa shape index (κ3) is 5.54. The standard InChI is InChI=1S/C22H23F3N2O3S/c1-2-3-11-30-12-6-10-27-20(28)18(17-9-5-13-31-17)19(21(27)29)26-16-8-4-7-15(14-16)22(23,24)25/h4-5,7-9,13-14,26H,2-3,6,10-12H2,1H3. The first-order valence-corrected chi connectivity index (χ1v) is 10.9. The van der Waals surface area contributed by atoms with E-state index in [0.29, 0.717) is 24.5 Å². The molecule has 2 aromatic rings. The minimum Gasteiger partial charge on any atom is -0.381 e. The molecule has 5 nitrogen and oxygen atoms in total. The number of hydrogen-bond acceptors (Lipinski definition) is 5. The van der Waals surface area contributed by atoms with Crippen LogP contribution in [0.25, 0.3) is 5.57 Å². The van der Waals surface area contributed by atoms with E-state index in [1.54, 1.807) is 17.5 Å². The second kappa shape index (κ2) is 10.1. The van der Waals surface area contributed by atoms with Crippen LogP contribution in [0.1, 0.15) is 36.6 Å². The van der Waals surface area contributed by atoms with E-state index in [9.17, 15) is 22.8 Å². The summed E-state index contributed by atoms with van der Waals surface area (Å²) in [5, 5.41) is 4.53. The van der Waals surface area contributed by atoms with E-state index in [0.717, 1.165) is 29.9 Å². The SMILES string of the molecule is CCCCOCCCN1C(=O)C(Nc2cccc(C(F)(F)F)c2)=C(c2cccs2)C1=O. The van der Waals surface area contributed by atoms with Crippen molar-refractivity contribution >= 4 is 34.4 Å². The summed E-state index contributed by atoms with van der Waals surface area (Å²) in [5.74, 6) is -1.02. The molecule has 0 saturated heterocycles. The molecule has 1 N–H and O–H groups in total. The monoisotopic (exact) mass is 452 g/mol. The highest BCUT2D eigenvalue weighted by molar-refractivity contribution is 7.11. The molecule has 0 bridgehead atoms. The molecule has 166 valence electrons. The molecule has 0 saturated carbocycles. The number of alkyl halides is 3. The molecule has 2 amide bonds. The fourth-order valence-corrected chi connectivity index (χ4v) is 3.90. The van der Waals surface area contributed by atoms with Gasteiger partial charge in [0.05, 0.1) is 11.1 Å². The first kappa shape index (κ1) is 23.0. The maximum absolute atomic E-state index is 13.1. The van der Waals surface area contributed by atoms with Crippen LogP contribution in [-0.4, -0.2) is 36.5 Å². The van der Waals surface area contributed by atoms with Crippen LogP contribution in [0.5, 0.6) is 0 Å². The molecule has 2 heterocycles. The van der Waals surface area contributed by atoms with Gasteiger partial charge >= 0.3 is 6.18 Å². The fourth-order valence-electron chi connectivity index (χ4n) is 3.14. The quantitative estimate of drug-likeness (QED) is 0.399. The number of hydrogen-bond donors (Lipinski definition) is 1.